The first-order chi connectivity index (χ1) is 9.73. The molecule has 116 valence electrons. The molecule has 9 heteroatoms. The van der Waals surface area contributed by atoms with E-state index in [4.69, 9.17) is 5.73 Å². The summed E-state index contributed by atoms with van der Waals surface area (Å²) in [6, 6.07) is 3.09. The number of carbonyl (C=O) groups excluding carboxylic acids is 2. The van der Waals surface area contributed by atoms with Gasteiger partial charge in [0.05, 0.1) is 12.2 Å². The number of ether oxygens (including phenoxy) is 1. The van der Waals surface area contributed by atoms with E-state index in [1.54, 1.807) is 6.92 Å². The van der Waals surface area contributed by atoms with Gasteiger partial charge in [-0.1, -0.05) is 0 Å². The second kappa shape index (κ2) is 6.82. The first kappa shape index (κ1) is 16.6. The van der Waals surface area contributed by atoms with Gasteiger partial charge < -0.3 is 21.1 Å². The summed E-state index contributed by atoms with van der Waals surface area (Å²) in [6.07, 6.45) is -4.86. The standard InChI is InChI=1S/C12H14F3N3O3/c1-2-17-10(19)6-18-11(20)7-3-4-9(8(16)5-7)21-12(13,14)15/h3-5H,2,6,16H2,1H3,(H,17,19)(H,18,20). The second-order valence-electron chi connectivity index (χ2n) is 3.94. The van der Waals surface area contributed by atoms with Gasteiger partial charge in [-0.15, -0.1) is 13.2 Å². The SMILES string of the molecule is CCNC(=O)CNC(=O)c1ccc(OC(F)(F)F)c(N)c1. The normalized spacial score (nSPS) is 10.9. The van der Waals surface area contributed by atoms with Gasteiger partial charge in [0.2, 0.25) is 5.91 Å². The van der Waals surface area contributed by atoms with Crippen molar-refractivity contribution in [2.24, 2.45) is 0 Å². The first-order valence-electron chi connectivity index (χ1n) is 5.93. The molecule has 0 aromatic heterocycles. The van der Waals surface area contributed by atoms with Crippen LogP contribution in [0.2, 0.25) is 0 Å². The quantitative estimate of drug-likeness (QED) is 0.708. The lowest BCUT2D eigenvalue weighted by Gasteiger charge is -2.12. The van der Waals surface area contributed by atoms with Gasteiger partial charge in [0, 0.05) is 12.1 Å². The van der Waals surface area contributed by atoms with Gasteiger partial charge in [0.25, 0.3) is 5.91 Å². The molecule has 0 radical (unpaired) electrons. The Balaban J connectivity index is 2.70. The maximum absolute atomic E-state index is 12.1. The predicted octanol–water partition coefficient (Wildman–Crippen LogP) is 1.03. The third-order valence-corrected chi connectivity index (χ3v) is 2.28. The van der Waals surface area contributed by atoms with Gasteiger partial charge in [-0.3, -0.25) is 9.59 Å². The van der Waals surface area contributed by atoms with Crippen LogP contribution in [0.1, 0.15) is 17.3 Å². The van der Waals surface area contributed by atoms with Crippen LogP contribution in [0, 0.1) is 0 Å². The van der Waals surface area contributed by atoms with Crippen LogP contribution in [-0.2, 0) is 4.79 Å². The monoisotopic (exact) mass is 305 g/mol. The Hall–Kier alpha value is -2.45. The molecule has 0 unspecified atom stereocenters. The summed E-state index contributed by atoms with van der Waals surface area (Å²) >= 11 is 0. The maximum atomic E-state index is 12.1. The number of halogens is 3. The Bertz CT molecular complexity index is 532. The summed E-state index contributed by atoms with van der Waals surface area (Å²) in [5.74, 6) is -1.61. The van der Waals surface area contributed by atoms with Crippen molar-refractivity contribution in [3.63, 3.8) is 0 Å². The van der Waals surface area contributed by atoms with Crippen molar-refractivity contribution in [2.45, 2.75) is 13.3 Å². The van der Waals surface area contributed by atoms with E-state index in [9.17, 15) is 22.8 Å². The fourth-order valence-corrected chi connectivity index (χ4v) is 1.43. The van der Waals surface area contributed by atoms with Crippen molar-refractivity contribution in [1.82, 2.24) is 10.6 Å². The molecule has 4 N–H and O–H groups in total. The van der Waals surface area contributed by atoms with Crippen molar-refractivity contribution < 1.29 is 27.5 Å². The summed E-state index contributed by atoms with van der Waals surface area (Å²) in [7, 11) is 0. The topological polar surface area (TPSA) is 93.5 Å². The fourth-order valence-electron chi connectivity index (χ4n) is 1.43. The van der Waals surface area contributed by atoms with E-state index in [0.29, 0.717) is 6.54 Å². The number of nitrogen functional groups attached to an aromatic ring is 1. The lowest BCUT2D eigenvalue weighted by Crippen LogP contribution is -2.36. The van der Waals surface area contributed by atoms with Crippen molar-refractivity contribution >= 4 is 17.5 Å². The van der Waals surface area contributed by atoms with Crippen LogP contribution in [0.15, 0.2) is 18.2 Å². The number of carbonyl (C=O) groups is 2. The summed E-state index contributed by atoms with van der Waals surface area (Å²) < 4.78 is 39.9. The molecule has 0 atom stereocenters. The van der Waals surface area contributed by atoms with Gasteiger partial charge in [0.15, 0.2) is 5.75 Å². The zero-order valence-corrected chi connectivity index (χ0v) is 11.1. The highest BCUT2D eigenvalue weighted by atomic mass is 19.4. The minimum Gasteiger partial charge on any atom is -0.404 e. The van der Waals surface area contributed by atoms with E-state index in [0.717, 1.165) is 18.2 Å². The van der Waals surface area contributed by atoms with E-state index in [2.05, 4.69) is 15.4 Å². The van der Waals surface area contributed by atoms with Crippen LogP contribution in [0.3, 0.4) is 0 Å². The highest BCUT2D eigenvalue weighted by Gasteiger charge is 2.32. The number of nitrogens with one attached hydrogen (secondary N) is 2. The average Bonchev–Trinajstić information content (AvgIpc) is 2.37. The van der Waals surface area contributed by atoms with Gasteiger partial charge in [0.1, 0.15) is 0 Å². The Labute approximate surface area is 118 Å². The second-order valence-corrected chi connectivity index (χ2v) is 3.94. The highest BCUT2D eigenvalue weighted by Crippen LogP contribution is 2.28. The van der Waals surface area contributed by atoms with E-state index in [1.165, 1.54) is 0 Å². The molecular weight excluding hydrogens is 291 g/mol. The Kier molecular flexibility index (Phi) is 5.39. The number of hydrogen-bond donors (Lipinski definition) is 3. The third-order valence-electron chi connectivity index (χ3n) is 2.28. The largest absolute Gasteiger partial charge is 0.573 e. The lowest BCUT2D eigenvalue weighted by atomic mass is 10.1. The Morgan fingerprint density at radius 1 is 1.29 bits per heavy atom. The summed E-state index contributed by atoms with van der Waals surface area (Å²) in [6.45, 7) is 1.90. The molecule has 0 spiro atoms. The number of hydrogen-bond acceptors (Lipinski definition) is 4. The van der Waals surface area contributed by atoms with Crippen LogP contribution >= 0.6 is 0 Å². The number of benzene rings is 1. The molecule has 0 saturated heterocycles. The van der Waals surface area contributed by atoms with Crippen LogP contribution in [-0.4, -0.2) is 31.3 Å². The number of likely N-dealkylation sites (N-methyl/N-ethyl adjacent to an activating group) is 1. The minimum absolute atomic E-state index is 0.0197. The van der Waals surface area contributed by atoms with E-state index >= 15 is 0 Å². The molecule has 0 saturated carbocycles. The lowest BCUT2D eigenvalue weighted by molar-refractivity contribution is -0.274. The van der Waals surface area contributed by atoms with Crippen LogP contribution in [0.4, 0.5) is 18.9 Å². The molecule has 0 fully saturated rings. The molecular formula is C12H14F3N3O3. The Morgan fingerprint density at radius 3 is 2.48 bits per heavy atom. The van der Waals surface area contributed by atoms with Gasteiger partial charge in [-0.05, 0) is 25.1 Å². The minimum atomic E-state index is -4.86. The van der Waals surface area contributed by atoms with Crippen LogP contribution in [0.5, 0.6) is 5.75 Å². The number of nitrogens with two attached hydrogens (primary N) is 1. The van der Waals surface area contributed by atoms with Crippen molar-refractivity contribution in [1.29, 1.82) is 0 Å². The summed E-state index contributed by atoms with van der Waals surface area (Å²) in [4.78, 5) is 22.9. The smallest absolute Gasteiger partial charge is 0.404 e. The predicted molar refractivity (Wildman–Crippen MR) is 68.6 cm³/mol. The molecule has 0 aliphatic carbocycles. The third kappa shape index (κ3) is 5.59. The number of alkyl halides is 3. The zero-order chi connectivity index (χ0) is 16.0. The first-order valence-corrected chi connectivity index (χ1v) is 5.93. The number of rotatable bonds is 5. The molecule has 0 aliphatic rings. The molecule has 1 aromatic rings. The molecule has 6 nitrogen and oxygen atoms in total. The zero-order valence-electron chi connectivity index (χ0n) is 11.1. The maximum Gasteiger partial charge on any atom is 0.573 e. The van der Waals surface area contributed by atoms with E-state index in [-0.39, 0.29) is 23.7 Å². The van der Waals surface area contributed by atoms with Gasteiger partial charge >= 0.3 is 6.36 Å². The highest BCUT2D eigenvalue weighted by molar-refractivity contribution is 5.97. The molecule has 1 aromatic carbocycles. The number of amides is 2. The summed E-state index contributed by atoms with van der Waals surface area (Å²) in [5, 5.41) is 4.78. The van der Waals surface area contributed by atoms with Crippen molar-refractivity contribution in [3.05, 3.63) is 23.8 Å². The average molecular weight is 305 g/mol. The molecule has 0 aliphatic heterocycles. The number of anilines is 1. The molecule has 0 bridgehead atoms. The van der Waals surface area contributed by atoms with Gasteiger partial charge in [-0.25, -0.2) is 0 Å². The van der Waals surface area contributed by atoms with Crippen LogP contribution in [0.25, 0.3) is 0 Å². The van der Waals surface area contributed by atoms with E-state index in [1.807, 2.05) is 0 Å². The van der Waals surface area contributed by atoms with Crippen molar-refractivity contribution in [2.75, 3.05) is 18.8 Å². The Morgan fingerprint density at radius 2 is 1.95 bits per heavy atom. The summed E-state index contributed by atoms with van der Waals surface area (Å²) in [5.41, 5.74) is 5.07. The van der Waals surface area contributed by atoms with Crippen molar-refractivity contribution in [3.8, 4) is 5.75 Å². The molecule has 21 heavy (non-hydrogen) atoms. The molecule has 0 heterocycles. The van der Waals surface area contributed by atoms with Crippen LogP contribution < -0.4 is 21.1 Å². The molecule has 1 rings (SSSR count). The fraction of sp³-hybridized carbons (Fsp3) is 0.333. The molecule has 2 amide bonds. The van der Waals surface area contributed by atoms with Gasteiger partial charge in [-0.2, -0.15) is 0 Å². The van der Waals surface area contributed by atoms with E-state index < -0.39 is 18.0 Å².